The third kappa shape index (κ3) is 4.27. The predicted molar refractivity (Wildman–Crippen MR) is 96.4 cm³/mol. The normalized spacial score (nSPS) is 10.2. The molecule has 0 bridgehead atoms. The number of hydrogen-bond donors (Lipinski definition) is 2. The van der Waals surface area contributed by atoms with Crippen molar-refractivity contribution in [3.63, 3.8) is 0 Å². The number of rotatable bonds is 7. The molecule has 0 amide bonds. The van der Waals surface area contributed by atoms with Crippen molar-refractivity contribution in [1.29, 1.82) is 0 Å². The van der Waals surface area contributed by atoms with Gasteiger partial charge in [0.15, 0.2) is 0 Å². The predicted octanol–water partition coefficient (Wildman–Crippen LogP) is 4.60. The van der Waals surface area contributed by atoms with Crippen LogP contribution in [0.2, 0.25) is 0 Å². The fourth-order valence-corrected chi connectivity index (χ4v) is 2.28. The molecule has 0 fully saturated rings. The second-order valence-corrected chi connectivity index (χ2v) is 5.23. The summed E-state index contributed by atoms with van der Waals surface area (Å²) in [5.74, 6) is 2.41. The average Bonchev–Trinajstić information content (AvgIpc) is 2.65. The number of ether oxygens (including phenoxy) is 2. The van der Waals surface area contributed by atoms with Crippen LogP contribution in [0.4, 0.5) is 5.69 Å². The van der Waals surface area contributed by atoms with Gasteiger partial charge in [-0.2, -0.15) is 0 Å². The van der Waals surface area contributed by atoms with Crippen molar-refractivity contribution in [3.05, 3.63) is 84.4 Å². The molecule has 0 aromatic heterocycles. The lowest BCUT2D eigenvalue weighted by Crippen LogP contribution is -2.21. The molecule has 0 saturated heterocycles. The van der Waals surface area contributed by atoms with Crippen molar-refractivity contribution in [2.75, 3.05) is 12.5 Å². The molecule has 0 heterocycles. The first-order chi connectivity index (χ1) is 11.8. The molecule has 4 nitrogen and oxygen atoms in total. The summed E-state index contributed by atoms with van der Waals surface area (Å²) in [6, 6.07) is 25.5. The molecule has 0 spiro atoms. The summed E-state index contributed by atoms with van der Waals surface area (Å²) in [6.07, 6.45) is 0. The summed E-state index contributed by atoms with van der Waals surface area (Å²) in [5.41, 5.74) is 8.48. The molecule has 0 unspecified atom stereocenters. The fourth-order valence-electron chi connectivity index (χ4n) is 2.28. The van der Waals surface area contributed by atoms with Gasteiger partial charge in [0.25, 0.3) is 0 Å². The van der Waals surface area contributed by atoms with Crippen LogP contribution in [-0.4, -0.2) is 7.11 Å². The lowest BCUT2D eigenvalue weighted by Gasteiger charge is -2.13. The Morgan fingerprint density at radius 1 is 0.750 bits per heavy atom. The van der Waals surface area contributed by atoms with Crippen LogP contribution in [0.3, 0.4) is 0 Å². The van der Waals surface area contributed by atoms with Crippen LogP contribution in [0.25, 0.3) is 0 Å². The van der Waals surface area contributed by atoms with Crippen LogP contribution < -0.4 is 20.3 Å². The maximum atomic E-state index is 5.99. The molecule has 3 aromatic rings. The number of anilines is 1. The van der Waals surface area contributed by atoms with E-state index in [0.29, 0.717) is 6.54 Å². The summed E-state index contributed by atoms with van der Waals surface area (Å²) >= 11 is 0. The third-order valence-electron chi connectivity index (χ3n) is 3.55. The van der Waals surface area contributed by atoms with Gasteiger partial charge < -0.3 is 14.9 Å². The zero-order valence-electron chi connectivity index (χ0n) is 13.5. The van der Waals surface area contributed by atoms with Gasteiger partial charge in [-0.25, -0.2) is 5.43 Å². The standard InChI is InChI=1S/C20H20N2O2/c1-23-18-11-13-19(14-12-18)24-20-10-6-5-7-16(20)15-21-22-17-8-3-2-4-9-17/h2-14,21-22H,15H2,1H3. The molecular weight excluding hydrogens is 300 g/mol. The lowest BCUT2D eigenvalue weighted by atomic mass is 10.2. The number of methoxy groups -OCH3 is 1. The maximum Gasteiger partial charge on any atom is 0.131 e. The average molecular weight is 320 g/mol. The second-order valence-electron chi connectivity index (χ2n) is 5.23. The highest BCUT2D eigenvalue weighted by atomic mass is 16.5. The molecule has 3 rings (SSSR count). The van der Waals surface area contributed by atoms with Crippen LogP contribution >= 0.6 is 0 Å². The van der Waals surface area contributed by atoms with Crippen LogP contribution in [0.5, 0.6) is 17.2 Å². The molecular formula is C20H20N2O2. The molecule has 0 aliphatic heterocycles. The Labute approximate surface area is 142 Å². The highest BCUT2D eigenvalue weighted by Gasteiger charge is 2.04. The van der Waals surface area contributed by atoms with Gasteiger partial charge in [0.05, 0.1) is 7.11 Å². The zero-order chi connectivity index (χ0) is 16.6. The number of para-hydroxylation sites is 2. The SMILES string of the molecule is COc1ccc(Oc2ccccc2CNNc2ccccc2)cc1. The molecule has 0 saturated carbocycles. The Balaban J connectivity index is 1.63. The molecule has 3 aromatic carbocycles. The Kier molecular flexibility index (Phi) is 5.32. The highest BCUT2D eigenvalue weighted by Crippen LogP contribution is 2.26. The molecule has 2 N–H and O–H groups in total. The van der Waals surface area contributed by atoms with E-state index in [2.05, 4.69) is 10.9 Å². The largest absolute Gasteiger partial charge is 0.497 e. The molecule has 24 heavy (non-hydrogen) atoms. The third-order valence-corrected chi connectivity index (χ3v) is 3.55. The Morgan fingerprint density at radius 3 is 2.17 bits per heavy atom. The van der Waals surface area contributed by atoms with Gasteiger partial charge >= 0.3 is 0 Å². The van der Waals surface area contributed by atoms with E-state index < -0.39 is 0 Å². The second kappa shape index (κ2) is 8.04. The van der Waals surface area contributed by atoms with Crippen molar-refractivity contribution in [1.82, 2.24) is 5.43 Å². The van der Waals surface area contributed by atoms with E-state index >= 15 is 0 Å². The van der Waals surface area contributed by atoms with Gasteiger partial charge in [-0.15, -0.1) is 0 Å². The van der Waals surface area contributed by atoms with Crippen LogP contribution in [0.15, 0.2) is 78.9 Å². The summed E-state index contributed by atoms with van der Waals surface area (Å²) in [4.78, 5) is 0. The zero-order valence-corrected chi connectivity index (χ0v) is 13.5. The first-order valence-corrected chi connectivity index (χ1v) is 7.79. The van der Waals surface area contributed by atoms with Crippen LogP contribution in [0.1, 0.15) is 5.56 Å². The van der Waals surface area contributed by atoms with Gasteiger partial charge in [0.1, 0.15) is 17.2 Å². The topological polar surface area (TPSA) is 42.5 Å². The van der Waals surface area contributed by atoms with Crippen molar-refractivity contribution in [3.8, 4) is 17.2 Å². The first kappa shape index (κ1) is 15.9. The van der Waals surface area contributed by atoms with Gasteiger partial charge in [-0.1, -0.05) is 36.4 Å². The van der Waals surface area contributed by atoms with E-state index in [1.54, 1.807) is 7.11 Å². The molecule has 0 radical (unpaired) electrons. The van der Waals surface area contributed by atoms with Gasteiger partial charge in [-0.05, 0) is 42.5 Å². The van der Waals surface area contributed by atoms with Gasteiger partial charge in [0, 0.05) is 17.8 Å². The molecule has 0 aliphatic rings. The highest BCUT2D eigenvalue weighted by molar-refractivity contribution is 5.42. The molecule has 0 atom stereocenters. The number of nitrogens with one attached hydrogen (secondary N) is 2. The minimum Gasteiger partial charge on any atom is -0.497 e. The van der Waals surface area contributed by atoms with Gasteiger partial charge in [0.2, 0.25) is 0 Å². The smallest absolute Gasteiger partial charge is 0.131 e. The van der Waals surface area contributed by atoms with Crippen molar-refractivity contribution < 1.29 is 9.47 Å². The number of hydrogen-bond acceptors (Lipinski definition) is 4. The number of benzene rings is 3. The van der Waals surface area contributed by atoms with E-state index in [9.17, 15) is 0 Å². The molecule has 4 heteroatoms. The Morgan fingerprint density at radius 2 is 1.42 bits per heavy atom. The summed E-state index contributed by atoms with van der Waals surface area (Å²) in [6.45, 7) is 0.640. The lowest BCUT2D eigenvalue weighted by molar-refractivity contribution is 0.412. The fraction of sp³-hybridized carbons (Fsp3) is 0.100. The van der Waals surface area contributed by atoms with Crippen LogP contribution in [0, 0.1) is 0 Å². The maximum absolute atomic E-state index is 5.99. The van der Waals surface area contributed by atoms with E-state index in [1.807, 2.05) is 78.9 Å². The van der Waals surface area contributed by atoms with Crippen molar-refractivity contribution in [2.45, 2.75) is 6.54 Å². The minimum absolute atomic E-state index is 0.640. The molecule has 0 aliphatic carbocycles. The van der Waals surface area contributed by atoms with Crippen LogP contribution in [-0.2, 0) is 6.54 Å². The Bertz CT molecular complexity index is 758. The minimum atomic E-state index is 0.640. The quantitative estimate of drug-likeness (QED) is 0.624. The molecule has 122 valence electrons. The van der Waals surface area contributed by atoms with E-state index in [1.165, 1.54) is 0 Å². The van der Waals surface area contributed by atoms with E-state index in [4.69, 9.17) is 9.47 Å². The van der Waals surface area contributed by atoms with E-state index in [0.717, 1.165) is 28.5 Å². The summed E-state index contributed by atoms with van der Waals surface area (Å²) in [7, 11) is 1.65. The summed E-state index contributed by atoms with van der Waals surface area (Å²) in [5, 5.41) is 0. The number of hydrazine groups is 1. The Hall–Kier alpha value is -2.98. The van der Waals surface area contributed by atoms with Crippen molar-refractivity contribution >= 4 is 5.69 Å². The summed E-state index contributed by atoms with van der Waals surface area (Å²) < 4.78 is 11.2. The van der Waals surface area contributed by atoms with E-state index in [-0.39, 0.29) is 0 Å². The monoisotopic (exact) mass is 320 g/mol. The van der Waals surface area contributed by atoms with Gasteiger partial charge in [-0.3, -0.25) is 0 Å². The van der Waals surface area contributed by atoms with Crippen molar-refractivity contribution in [2.24, 2.45) is 0 Å². The first-order valence-electron chi connectivity index (χ1n) is 7.79.